The summed E-state index contributed by atoms with van der Waals surface area (Å²) in [4.78, 5) is 23.4. The Balaban J connectivity index is 1.87. The number of aryl methyl sites for hydroxylation is 1. The van der Waals surface area contributed by atoms with Crippen molar-refractivity contribution in [2.75, 3.05) is 11.9 Å². The maximum Gasteiger partial charge on any atom is 0.313 e. The van der Waals surface area contributed by atoms with Gasteiger partial charge in [0.15, 0.2) is 0 Å². The Labute approximate surface area is 133 Å². The van der Waals surface area contributed by atoms with E-state index in [-0.39, 0.29) is 6.54 Å². The van der Waals surface area contributed by atoms with Crippen molar-refractivity contribution in [1.82, 2.24) is 5.32 Å². The minimum atomic E-state index is -0.904. The van der Waals surface area contributed by atoms with Crippen molar-refractivity contribution in [2.45, 2.75) is 13.0 Å². The van der Waals surface area contributed by atoms with Gasteiger partial charge in [-0.25, -0.2) is 4.39 Å². The minimum absolute atomic E-state index is 0.0828. The predicted octanol–water partition coefficient (Wildman–Crippen LogP) is 1.92. The molecule has 2 rings (SSSR count). The van der Waals surface area contributed by atoms with E-state index in [1.807, 2.05) is 19.1 Å². The molecule has 23 heavy (non-hydrogen) atoms. The first-order valence-electron chi connectivity index (χ1n) is 7.05. The van der Waals surface area contributed by atoms with Gasteiger partial charge in [0, 0.05) is 12.2 Å². The lowest BCUT2D eigenvalue weighted by Gasteiger charge is -2.14. The summed E-state index contributed by atoms with van der Waals surface area (Å²) in [6, 6.07) is 12.3. The monoisotopic (exact) mass is 316 g/mol. The van der Waals surface area contributed by atoms with Gasteiger partial charge in [-0.2, -0.15) is 0 Å². The molecular weight excluding hydrogens is 299 g/mol. The predicted molar refractivity (Wildman–Crippen MR) is 84.2 cm³/mol. The van der Waals surface area contributed by atoms with Crippen molar-refractivity contribution in [3.63, 3.8) is 0 Å². The first-order chi connectivity index (χ1) is 11.0. The fourth-order valence-corrected chi connectivity index (χ4v) is 2.06. The number of amides is 2. The van der Waals surface area contributed by atoms with Gasteiger partial charge in [-0.05, 0) is 42.3 Å². The third kappa shape index (κ3) is 4.62. The van der Waals surface area contributed by atoms with Gasteiger partial charge in [0.25, 0.3) is 0 Å². The van der Waals surface area contributed by atoms with Crippen molar-refractivity contribution in [3.05, 3.63) is 65.5 Å². The molecule has 120 valence electrons. The number of halogens is 1. The molecule has 3 N–H and O–H groups in total. The topological polar surface area (TPSA) is 78.4 Å². The van der Waals surface area contributed by atoms with E-state index in [0.717, 1.165) is 5.56 Å². The van der Waals surface area contributed by atoms with Crippen LogP contribution in [0.25, 0.3) is 0 Å². The average molecular weight is 316 g/mol. The van der Waals surface area contributed by atoms with Crippen LogP contribution in [0.2, 0.25) is 0 Å². The van der Waals surface area contributed by atoms with Gasteiger partial charge in [0.05, 0.1) is 6.10 Å². The van der Waals surface area contributed by atoms with Crippen molar-refractivity contribution in [3.8, 4) is 0 Å². The first-order valence-corrected chi connectivity index (χ1v) is 7.05. The Morgan fingerprint density at radius 3 is 2.39 bits per heavy atom. The molecule has 0 spiro atoms. The average Bonchev–Trinajstić information content (AvgIpc) is 2.54. The second-order valence-corrected chi connectivity index (χ2v) is 5.04. The van der Waals surface area contributed by atoms with Gasteiger partial charge < -0.3 is 15.7 Å². The minimum Gasteiger partial charge on any atom is -0.387 e. The van der Waals surface area contributed by atoms with Crippen LogP contribution in [0.5, 0.6) is 0 Å². The van der Waals surface area contributed by atoms with Crippen molar-refractivity contribution in [1.29, 1.82) is 0 Å². The largest absolute Gasteiger partial charge is 0.387 e. The van der Waals surface area contributed by atoms with Gasteiger partial charge in [0.2, 0.25) is 0 Å². The third-order valence-electron chi connectivity index (χ3n) is 3.31. The van der Waals surface area contributed by atoms with Gasteiger partial charge in [-0.1, -0.05) is 24.3 Å². The van der Waals surface area contributed by atoms with Gasteiger partial charge in [0.1, 0.15) is 5.82 Å². The quantitative estimate of drug-likeness (QED) is 0.754. The van der Waals surface area contributed by atoms with Gasteiger partial charge >= 0.3 is 11.8 Å². The van der Waals surface area contributed by atoms with Gasteiger partial charge in [-0.15, -0.1) is 0 Å². The van der Waals surface area contributed by atoms with Crippen LogP contribution in [0.1, 0.15) is 17.2 Å². The molecule has 1 atom stereocenters. The number of carbonyl (C=O) groups is 2. The fraction of sp³-hybridized carbons (Fsp3) is 0.176. The Morgan fingerprint density at radius 2 is 1.74 bits per heavy atom. The smallest absolute Gasteiger partial charge is 0.313 e. The molecule has 1 unspecified atom stereocenters. The summed E-state index contributed by atoms with van der Waals surface area (Å²) in [7, 11) is 0. The number of carbonyl (C=O) groups excluding carboxylic acids is 2. The highest BCUT2D eigenvalue weighted by Crippen LogP contribution is 2.16. The number of nitrogens with one attached hydrogen (secondary N) is 2. The lowest BCUT2D eigenvalue weighted by molar-refractivity contribution is -0.136. The molecule has 0 saturated heterocycles. The normalized spacial score (nSPS) is 11.6. The summed E-state index contributed by atoms with van der Waals surface area (Å²) in [5.41, 5.74) is 1.89. The number of rotatable bonds is 4. The molecule has 2 amide bonds. The highest BCUT2D eigenvalue weighted by atomic mass is 19.1. The van der Waals surface area contributed by atoms with Crippen LogP contribution in [-0.4, -0.2) is 23.5 Å². The van der Waals surface area contributed by atoms with E-state index in [2.05, 4.69) is 10.6 Å². The van der Waals surface area contributed by atoms with Crippen LogP contribution in [0.15, 0.2) is 48.5 Å². The molecule has 6 heteroatoms. The van der Waals surface area contributed by atoms with Gasteiger partial charge in [-0.3, -0.25) is 9.59 Å². The molecule has 0 heterocycles. The molecule has 0 aliphatic rings. The summed E-state index contributed by atoms with van der Waals surface area (Å²) in [5, 5.41) is 14.8. The van der Waals surface area contributed by atoms with E-state index in [1.54, 1.807) is 12.1 Å². The van der Waals surface area contributed by atoms with E-state index in [1.165, 1.54) is 24.3 Å². The summed E-state index contributed by atoms with van der Waals surface area (Å²) in [6.07, 6.45) is -0.904. The second-order valence-electron chi connectivity index (χ2n) is 5.04. The first kappa shape index (κ1) is 16.6. The zero-order valence-corrected chi connectivity index (χ0v) is 12.5. The molecule has 0 fully saturated rings. The molecule has 2 aromatic rings. The van der Waals surface area contributed by atoms with E-state index in [4.69, 9.17) is 0 Å². The second kappa shape index (κ2) is 7.51. The number of hydrogen-bond donors (Lipinski definition) is 3. The lowest BCUT2D eigenvalue weighted by Crippen LogP contribution is -2.37. The van der Waals surface area contributed by atoms with Crippen LogP contribution >= 0.6 is 0 Å². The van der Waals surface area contributed by atoms with Crippen LogP contribution in [0, 0.1) is 12.7 Å². The van der Waals surface area contributed by atoms with Crippen LogP contribution in [-0.2, 0) is 9.59 Å². The SMILES string of the molecule is Cc1ccccc1C(O)CNC(=O)C(=O)Nc1ccc(F)cc1. The fourth-order valence-electron chi connectivity index (χ4n) is 2.06. The number of hydrogen-bond acceptors (Lipinski definition) is 3. The van der Waals surface area contributed by atoms with E-state index < -0.39 is 23.7 Å². The zero-order valence-electron chi connectivity index (χ0n) is 12.5. The van der Waals surface area contributed by atoms with E-state index >= 15 is 0 Å². The van der Waals surface area contributed by atoms with Crippen LogP contribution < -0.4 is 10.6 Å². The van der Waals surface area contributed by atoms with Crippen LogP contribution in [0.3, 0.4) is 0 Å². The highest BCUT2D eigenvalue weighted by Gasteiger charge is 2.16. The van der Waals surface area contributed by atoms with Crippen molar-refractivity contribution < 1.29 is 19.1 Å². The van der Waals surface area contributed by atoms with E-state index in [0.29, 0.717) is 11.3 Å². The Morgan fingerprint density at radius 1 is 1.09 bits per heavy atom. The number of anilines is 1. The Hall–Kier alpha value is -2.73. The number of benzene rings is 2. The standard InChI is InChI=1S/C17H17FN2O3/c1-11-4-2-3-5-14(11)15(21)10-19-16(22)17(23)20-13-8-6-12(18)7-9-13/h2-9,15,21H,10H2,1H3,(H,19,22)(H,20,23). The van der Waals surface area contributed by atoms with Crippen molar-refractivity contribution in [2.24, 2.45) is 0 Å². The lowest BCUT2D eigenvalue weighted by atomic mass is 10.0. The van der Waals surface area contributed by atoms with E-state index in [9.17, 15) is 19.1 Å². The molecule has 0 radical (unpaired) electrons. The zero-order chi connectivity index (χ0) is 16.8. The maximum atomic E-state index is 12.8. The molecule has 0 aliphatic heterocycles. The third-order valence-corrected chi connectivity index (χ3v) is 3.31. The summed E-state index contributed by atoms with van der Waals surface area (Å²) in [5.74, 6) is -2.19. The Bertz CT molecular complexity index is 701. The van der Waals surface area contributed by atoms with Crippen LogP contribution in [0.4, 0.5) is 10.1 Å². The summed E-state index contributed by atoms with van der Waals surface area (Å²) < 4.78 is 12.8. The molecule has 0 saturated carbocycles. The summed E-state index contributed by atoms with van der Waals surface area (Å²) in [6.45, 7) is 1.77. The number of aliphatic hydroxyl groups excluding tert-OH is 1. The molecule has 0 bridgehead atoms. The molecule has 0 aliphatic carbocycles. The molecule has 5 nitrogen and oxygen atoms in total. The van der Waals surface area contributed by atoms with Crippen molar-refractivity contribution >= 4 is 17.5 Å². The summed E-state index contributed by atoms with van der Waals surface area (Å²) >= 11 is 0. The highest BCUT2D eigenvalue weighted by molar-refractivity contribution is 6.39. The Kier molecular flexibility index (Phi) is 5.43. The molecule has 2 aromatic carbocycles. The molecule has 0 aromatic heterocycles. The number of aliphatic hydroxyl groups is 1. The maximum absolute atomic E-state index is 12.8. The molecular formula is C17H17FN2O3.